The van der Waals surface area contributed by atoms with Crippen molar-refractivity contribution in [3.63, 3.8) is 0 Å². The summed E-state index contributed by atoms with van der Waals surface area (Å²) in [5.41, 5.74) is 2.35. The Morgan fingerprint density at radius 3 is 2.48 bits per heavy atom. The van der Waals surface area contributed by atoms with Gasteiger partial charge in [0, 0.05) is 23.5 Å². The highest BCUT2D eigenvalue weighted by Crippen LogP contribution is 2.41. The Balaban J connectivity index is 1.65. The van der Waals surface area contributed by atoms with Crippen molar-refractivity contribution in [2.45, 2.75) is 31.2 Å². The van der Waals surface area contributed by atoms with Gasteiger partial charge in [-0.2, -0.15) is 13.2 Å². The van der Waals surface area contributed by atoms with E-state index in [0.29, 0.717) is 5.56 Å². The normalized spacial score (nSPS) is 22.7. The predicted octanol–water partition coefficient (Wildman–Crippen LogP) is 3.04. The number of allylic oxidation sites excluding steroid dienone is 1. The molecule has 3 N–H and O–H groups in total. The number of amides is 2. The van der Waals surface area contributed by atoms with Gasteiger partial charge >= 0.3 is 6.18 Å². The Morgan fingerprint density at radius 2 is 1.85 bits per heavy atom. The quantitative estimate of drug-likeness (QED) is 0.479. The van der Waals surface area contributed by atoms with Crippen LogP contribution in [0.25, 0.3) is 0 Å². The first-order valence-electron chi connectivity index (χ1n) is 9.95. The van der Waals surface area contributed by atoms with Crippen LogP contribution in [0.3, 0.4) is 0 Å². The number of anilines is 1. The minimum absolute atomic E-state index is 0.0248. The van der Waals surface area contributed by atoms with Crippen molar-refractivity contribution >= 4 is 17.5 Å². The van der Waals surface area contributed by atoms with Crippen LogP contribution in [-0.2, 0) is 9.59 Å². The van der Waals surface area contributed by atoms with Gasteiger partial charge in [0.05, 0.1) is 13.0 Å². The van der Waals surface area contributed by atoms with E-state index in [1.807, 2.05) is 0 Å². The second kappa shape index (κ2) is 8.39. The number of methoxy groups -OCH3 is 1. The van der Waals surface area contributed by atoms with E-state index in [2.05, 4.69) is 16.1 Å². The topological polar surface area (TPSA) is 82.7 Å². The summed E-state index contributed by atoms with van der Waals surface area (Å²) in [6, 6.07) is 9.45. The summed E-state index contributed by atoms with van der Waals surface area (Å²) < 4.78 is 60.2. The van der Waals surface area contributed by atoms with Crippen LogP contribution in [-0.4, -0.2) is 42.3 Å². The molecule has 2 aromatic carbocycles. The molecule has 2 amide bonds. The Bertz CT molecular complexity index is 1120. The number of ether oxygens (including phenoxy) is 1. The Labute approximate surface area is 186 Å². The van der Waals surface area contributed by atoms with Crippen LogP contribution in [0.4, 0.5) is 23.2 Å². The molecule has 2 aliphatic heterocycles. The summed E-state index contributed by atoms with van der Waals surface area (Å²) in [6.45, 7) is 1.43. The fraction of sp³-hybridized carbons (Fsp3) is 0.273. The van der Waals surface area contributed by atoms with Gasteiger partial charge in [0.25, 0.3) is 11.8 Å². The van der Waals surface area contributed by atoms with E-state index in [1.165, 1.54) is 20.1 Å². The maximum Gasteiger partial charge on any atom is 0.406 e. The van der Waals surface area contributed by atoms with Crippen molar-refractivity contribution in [1.82, 2.24) is 15.8 Å². The van der Waals surface area contributed by atoms with Crippen LogP contribution in [0.2, 0.25) is 0 Å². The molecule has 0 spiro atoms. The summed E-state index contributed by atoms with van der Waals surface area (Å²) in [4.78, 5) is 26.0. The lowest BCUT2D eigenvalue weighted by Crippen LogP contribution is -2.56. The fourth-order valence-electron chi connectivity index (χ4n) is 4.11. The van der Waals surface area contributed by atoms with Crippen LogP contribution in [0.15, 0.2) is 59.8 Å². The maximum absolute atomic E-state index is 13.8. The highest BCUT2D eigenvalue weighted by Gasteiger charge is 2.58. The molecule has 3 atom stereocenters. The molecule has 3 unspecified atom stereocenters. The van der Waals surface area contributed by atoms with E-state index in [1.54, 1.807) is 30.3 Å². The largest absolute Gasteiger partial charge is 0.497 e. The van der Waals surface area contributed by atoms with Crippen LogP contribution < -0.4 is 20.8 Å². The summed E-state index contributed by atoms with van der Waals surface area (Å²) in [5, 5.41) is 6.07. The van der Waals surface area contributed by atoms with Gasteiger partial charge in [-0.3, -0.25) is 9.59 Å². The summed E-state index contributed by atoms with van der Waals surface area (Å²) >= 11 is 0. The molecule has 0 aromatic heterocycles. The van der Waals surface area contributed by atoms with Crippen molar-refractivity contribution in [2.75, 3.05) is 12.4 Å². The van der Waals surface area contributed by atoms with Gasteiger partial charge in [-0.1, -0.05) is 30.3 Å². The van der Waals surface area contributed by atoms with Gasteiger partial charge in [0.2, 0.25) is 0 Å². The van der Waals surface area contributed by atoms with Gasteiger partial charge in [0.1, 0.15) is 29.3 Å². The van der Waals surface area contributed by atoms with Crippen molar-refractivity contribution in [2.24, 2.45) is 0 Å². The van der Waals surface area contributed by atoms with E-state index < -0.39 is 47.5 Å². The molecular formula is C22H20F4N4O3. The summed E-state index contributed by atoms with van der Waals surface area (Å²) in [5.74, 6) is -3.51. The van der Waals surface area contributed by atoms with E-state index in [0.717, 1.165) is 17.1 Å². The number of halogens is 4. The number of hydrogen-bond acceptors (Lipinski definition) is 5. The first kappa shape index (κ1) is 22.6. The number of rotatable bonds is 4. The Morgan fingerprint density at radius 1 is 1.15 bits per heavy atom. The van der Waals surface area contributed by atoms with Gasteiger partial charge in [-0.05, 0) is 18.6 Å². The number of benzene rings is 2. The molecule has 4 rings (SSSR count). The van der Waals surface area contributed by atoms with Gasteiger partial charge in [-0.15, -0.1) is 0 Å². The Kier molecular flexibility index (Phi) is 5.75. The minimum atomic E-state index is -4.66. The van der Waals surface area contributed by atoms with Crippen LogP contribution >= 0.6 is 0 Å². The van der Waals surface area contributed by atoms with Crippen LogP contribution in [0, 0.1) is 5.82 Å². The molecule has 2 aromatic rings. The SMILES string of the molecule is COc1cc(F)cc(NC(=O)C2=C(C)NC3C(c4ccccc4)C(C(F)(F)F)NN3C2=O)c1. The molecule has 7 nitrogen and oxygen atoms in total. The van der Waals surface area contributed by atoms with E-state index in [-0.39, 0.29) is 17.1 Å². The molecule has 1 saturated heterocycles. The van der Waals surface area contributed by atoms with Crippen molar-refractivity contribution in [3.05, 3.63) is 71.2 Å². The molecule has 0 aliphatic carbocycles. The first-order chi connectivity index (χ1) is 15.6. The molecule has 2 aliphatic rings. The monoisotopic (exact) mass is 464 g/mol. The molecule has 2 heterocycles. The minimum Gasteiger partial charge on any atom is -0.497 e. The zero-order valence-electron chi connectivity index (χ0n) is 17.5. The number of carbonyl (C=O) groups is 2. The highest BCUT2D eigenvalue weighted by molar-refractivity contribution is 6.23. The van der Waals surface area contributed by atoms with Crippen LogP contribution in [0.1, 0.15) is 18.4 Å². The second-order valence-electron chi connectivity index (χ2n) is 7.68. The Hall–Kier alpha value is -3.60. The van der Waals surface area contributed by atoms with Gasteiger partial charge < -0.3 is 15.4 Å². The summed E-state index contributed by atoms with van der Waals surface area (Å²) in [6.07, 6.45) is -5.73. The molecule has 11 heteroatoms. The fourth-order valence-corrected chi connectivity index (χ4v) is 4.11. The number of carbonyl (C=O) groups excluding carboxylic acids is 2. The lowest BCUT2D eigenvalue weighted by atomic mass is 9.89. The number of hydrazine groups is 1. The zero-order valence-corrected chi connectivity index (χ0v) is 17.5. The average Bonchev–Trinajstić information content (AvgIpc) is 3.14. The number of fused-ring (bicyclic) bond motifs is 1. The highest BCUT2D eigenvalue weighted by atomic mass is 19.4. The number of hydrogen-bond donors (Lipinski definition) is 3. The summed E-state index contributed by atoms with van der Waals surface area (Å²) in [7, 11) is 1.32. The lowest BCUT2D eigenvalue weighted by molar-refractivity contribution is -0.161. The number of nitrogens with one attached hydrogen (secondary N) is 3. The second-order valence-corrected chi connectivity index (χ2v) is 7.68. The first-order valence-corrected chi connectivity index (χ1v) is 9.95. The molecule has 174 valence electrons. The molecule has 33 heavy (non-hydrogen) atoms. The molecule has 0 saturated carbocycles. The third-order valence-electron chi connectivity index (χ3n) is 5.56. The van der Waals surface area contributed by atoms with Gasteiger partial charge in [0.15, 0.2) is 0 Å². The predicted molar refractivity (Wildman–Crippen MR) is 110 cm³/mol. The van der Waals surface area contributed by atoms with E-state index >= 15 is 0 Å². The van der Waals surface area contributed by atoms with Crippen LogP contribution in [0.5, 0.6) is 5.75 Å². The third kappa shape index (κ3) is 4.23. The molecule has 0 bridgehead atoms. The third-order valence-corrected chi connectivity index (χ3v) is 5.56. The maximum atomic E-state index is 13.8. The molecular weight excluding hydrogens is 444 g/mol. The van der Waals surface area contributed by atoms with Crippen molar-refractivity contribution < 1.29 is 31.9 Å². The van der Waals surface area contributed by atoms with Crippen molar-refractivity contribution in [1.29, 1.82) is 0 Å². The lowest BCUT2D eigenvalue weighted by Gasteiger charge is -2.34. The standard InChI is InChI=1S/C22H20F4N4O3/c1-11-16(20(31)28-14-8-13(23)9-15(10-14)33-2)21(32)30-19(27-11)17(12-6-4-3-5-7-12)18(29-30)22(24,25)26/h3-10,17-19,27,29H,1-2H3,(H,28,31). The van der Waals surface area contributed by atoms with Gasteiger partial charge in [-0.25, -0.2) is 14.8 Å². The smallest absolute Gasteiger partial charge is 0.406 e. The number of nitrogens with zero attached hydrogens (tertiary/aromatic N) is 1. The zero-order chi connectivity index (χ0) is 23.9. The molecule has 1 fully saturated rings. The number of alkyl halides is 3. The van der Waals surface area contributed by atoms with Crippen molar-refractivity contribution in [3.8, 4) is 5.75 Å². The van der Waals surface area contributed by atoms with E-state index in [9.17, 15) is 27.2 Å². The molecule has 0 radical (unpaired) electrons. The van der Waals surface area contributed by atoms with E-state index in [4.69, 9.17) is 4.74 Å². The average molecular weight is 464 g/mol.